The van der Waals surface area contributed by atoms with Gasteiger partial charge in [-0.2, -0.15) is 0 Å². The Kier molecular flexibility index (Phi) is 8.83. The number of carboxylic acids is 2. The van der Waals surface area contributed by atoms with Crippen LogP contribution in [0.3, 0.4) is 0 Å². The Morgan fingerprint density at radius 1 is 0.786 bits per heavy atom. The SMILES string of the molecule is O=C(O)c1ccc(C(=O)O)cc1.[NaH].[NaH]. The van der Waals surface area contributed by atoms with E-state index < -0.39 is 11.9 Å². The van der Waals surface area contributed by atoms with Crippen LogP contribution in [0.25, 0.3) is 0 Å². The number of aromatic carboxylic acids is 2. The Bertz CT molecular complexity index is 288. The fourth-order valence-electron chi connectivity index (χ4n) is 0.755. The molecular formula is C8H8Na2O4. The van der Waals surface area contributed by atoms with Gasteiger partial charge < -0.3 is 10.2 Å². The third-order valence-corrected chi connectivity index (χ3v) is 1.38. The van der Waals surface area contributed by atoms with E-state index in [2.05, 4.69) is 0 Å². The first-order valence-corrected chi connectivity index (χ1v) is 3.18. The molecule has 1 aromatic carbocycles. The Labute approximate surface area is 125 Å². The molecule has 0 atom stereocenters. The molecule has 1 aromatic rings. The van der Waals surface area contributed by atoms with Gasteiger partial charge in [0, 0.05) is 0 Å². The van der Waals surface area contributed by atoms with Crippen molar-refractivity contribution in [3.05, 3.63) is 35.4 Å². The van der Waals surface area contributed by atoms with E-state index in [0.717, 1.165) is 0 Å². The van der Waals surface area contributed by atoms with E-state index in [9.17, 15) is 9.59 Å². The molecule has 6 heteroatoms. The number of hydrogen-bond acceptors (Lipinski definition) is 2. The van der Waals surface area contributed by atoms with Gasteiger partial charge >= 0.3 is 71.1 Å². The Balaban J connectivity index is 0. The van der Waals surface area contributed by atoms with Gasteiger partial charge in [-0.3, -0.25) is 0 Å². The van der Waals surface area contributed by atoms with E-state index in [1.165, 1.54) is 24.3 Å². The molecule has 0 radical (unpaired) electrons. The maximum atomic E-state index is 10.3. The van der Waals surface area contributed by atoms with Crippen LogP contribution in [0.1, 0.15) is 20.7 Å². The van der Waals surface area contributed by atoms with Crippen molar-refractivity contribution < 1.29 is 19.8 Å². The van der Waals surface area contributed by atoms with Gasteiger partial charge in [-0.25, -0.2) is 9.59 Å². The zero-order valence-electron chi connectivity index (χ0n) is 6.02. The predicted molar refractivity (Wildman–Crippen MR) is 54.7 cm³/mol. The number of carbonyl (C=O) groups is 2. The zero-order chi connectivity index (χ0) is 9.14. The van der Waals surface area contributed by atoms with Crippen molar-refractivity contribution >= 4 is 71.1 Å². The number of hydrogen-bond donors (Lipinski definition) is 2. The fraction of sp³-hybridized carbons (Fsp3) is 0. The first-order valence-electron chi connectivity index (χ1n) is 3.18. The van der Waals surface area contributed by atoms with Crippen LogP contribution in [0.4, 0.5) is 0 Å². The summed E-state index contributed by atoms with van der Waals surface area (Å²) in [6.45, 7) is 0. The van der Waals surface area contributed by atoms with Crippen LogP contribution in [0.15, 0.2) is 24.3 Å². The molecule has 0 aliphatic carbocycles. The quantitative estimate of drug-likeness (QED) is 0.668. The number of rotatable bonds is 2. The molecule has 0 spiro atoms. The summed E-state index contributed by atoms with van der Waals surface area (Å²) < 4.78 is 0. The summed E-state index contributed by atoms with van der Waals surface area (Å²) in [6, 6.07) is 5.02. The Morgan fingerprint density at radius 3 is 1.14 bits per heavy atom. The summed E-state index contributed by atoms with van der Waals surface area (Å²) in [5.74, 6) is -2.13. The molecule has 0 saturated heterocycles. The van der Waals surface area contributed by atoms with Crippen molar-refractivity contribution in [2.75, 3.05) is 0 Å². The van der Waals surface area contributed by atoms with Gasteiger partial charge in [0.25, 0.3) is 0 Å². The molecule has 1 rings (SSSR count). The Hall–Kier alpha value is 0.160. The monoisotopic (exact) mass is 214 g/mol. The molecule has 0 unspecified atom stereocenters. The van der Waals surface area contributed by atoms with Crippen LogP contribution in [0.5, 0.6) is 0 Å². The average Bonchev–Trinajstić information content (AvgIpc) is 2.04. The van der Waals surface area contributed by atoms with Gasteiger partial charge in [0.1, 0.15) is 0 Å². The average molecular weight is 214 g/mol. The summed E-state index contributed by atoms with van der Waals surface area (Å²) >= 11 is 0. The van der Waals surface area contributed by atoms with Gasteiger partial charge in [0.15, 0.2) is 0 Å². The van der Waals surface area contributed by atoms with E-state index in [0.29, 0.717) is 0 Å². The second-order valence-electron chi connectivity index (χ2n) is 2.19. The van der Waals surface area contributed by atoms with Gasteiger partial charge in [0.05, 0.1) is 11.1 Å². The van der Waals surface area contributed by atoms with E-state index in [1.54, 1.807) is 0 Å². The van der Waals surface area contributed by atoms with Crippen molar-refractivity contribution in [1.82, 2.24) is 0 Å². The second-order valence-corrected chi connectivity index (χ2v) is 2.19. The first kappa shape index (κ1) is 16.6. The van der Waals surface area contributed by atoms with Crippen LogP contribution in [0, 0.1) is 0 Å². The molecule has 0 heterocycles. The summed E-state index contributed by atoms with van der Waals surface area (Å²) in [4.78, 5) is 20.7. The molecular weight excluding hydrogens is 206 g/mol. The predicted octanol–water partition coefficient (Wildman–Crippen LogP) is -0.214. The summed E-state index contributed by atoms with van der Waals surface area (Å²) in [7, 11) is 0. The minimum atomic E-state index is -1.06. The third kappa shape index (κ3) is 4.59. The van der Waals surface area contributed by atoms with E-state index in [4.69, 9.17) is 10.2 Å². The van der Waals surface area contributed by atoms with E-state index >= 15 is 0 Å². The molecule has 0 aromatic heterocycles. The van der Waals surface area contributed by atoms with Gasteiger partial charge in [0.2, 0.25) is 0 Å². The normalized spacial score (nSPS) is 8.00. The number of carboxylic acid groups (broad SMARTS) is 2. The molecule has 66 valence electrons. The van der Waals surface area contributed by atoms with E-state index in [1.807, 2.05) is 0 Å². The van der Waals surface area contributed by atoms with Crippen molar-refractivity contribution in [2.24, 2.45) is 0 Å². The van der Waals surface area contributed by atoms with Gasteiger partial charge in [-0.05, 0) is 24.3 Å². The summed E-state index contributed by atoms with van der Waals surface area (Å²) in [6.07, 6.45) is 0. The van der Waals surface area contributed by atoms with Crippen molar-refractivity contribution in [3.8, 4) is 0 Å². The van der Waals surface area contributed by atoms with Crippen molar-refractivity contribution in [2.45, 2.75) is 0 Å². The van der Waals surface area contributed by atoms with Crippen LogP contribution in [-0.4, -0.2) is 81.3 Å². The van der Waals surface area contributed by atoms with Crippen LogP contribution in [0.2, 0.25) is 0 Å². The molecule has 0 aliphatic rings. The molecule has 0 amide bonds. The van der Waals surface area contributed by atoms with Crippen LogP contribution >= 0.6 is 0 Å². The van der Waals surface area contributed by atoms with Crippen LogP contribution in [-0.2, 0) is 0 Å². The topological polar surface area (TPSA) is 74.6 Å². The molecule has 0 saturated carbocycles. The standard InChI is InChI=1S/C8H6O4.2Na.2H/c9-7(10)5-1-2-6(4-3-5)8(11)12;;;;/h1-4H,(H,9,10)(H,11,12);;;;. The van der Waals surface area contributed by atoms with Crippen molar-refractivity contribution in [1.29, 1.82) is 0 Å². The molecule has 14 heavy (non-hydrogen) atoms. The minimum absolute atomic E-state index is 0. The van der Waals surface area contributed by atoms with Gasteiger partial charge in [-0.1, -0.05) is 0 Å². The summed E-state index contributed by atoms with van der Waals surface area (Å²) in [5.41, 5.74) is 0.167. The van der Waals surface area contributed by atoms with Gasteiger partial charge in [-0.15, -0.1) is 0 Å². The first-order chi connectivity index (χ1) is 5.61. The molecule has 0 fully saturated rings. The van der Waals surface area contributed by atoms with Crippen molar-refractivity contribution in [3.63, 3.8) is 0 Å². The zero-order valence-corrected chi connectivity index (χ0v) is 6.02. The maximum absolute atomic E-state index is 10.3. The molecule has 0 bridgehead atoms. The Morgan fingerprint density at radius 2 is 1.00 bits per heavy atom. The third-order valence-electron chi connectivity index (χ3n) is 1.38. The second kappa shape index (κ2) is 7.45. The molecule has 2 N–H and O–H groups in total. The van der Waals surface area contributed by atoms with E-state index in [-0.39, 0.29) is 70.2 Å². The molecule has 4 nitrogen and oxygen atoms in total. The summed E-state index contributed by atoms with van der Waals surface area (Å²) in [5, 5.41) is 16.9. The molecule has 0 aliphatic heterocycles. The fourth-order valence-corrected chi connectivity index (χ4v) is 0.755. The van der Waals surface area contributed by atoms with Crippen LogP contribution < -0.4 is 0 Å². The number of benzene rings is 1.